The van der Waals surface area contributed by atoms with E-state index < -0.39 is 17.7 Å². The summed E-state index contributed by atoms with van der Waals surface area (Å²) in [4.78, 5) is 32.3. The van der Waals surface area contributed by atoms with Gasteiger partial charge in [0, 0.05) is 17.4 Å². The summed E-state index contributed by atoms with van der Waals surface area (Å²) < 4.78 is 5.66. The molecule has 1 fully saturated rings. The van der Waals surface area contributed by atoms with Crippen LogP contribution in [0.4, 0.5) is 5.69 Å². The van der Waals surface area contributed by atoms with Gasteiger partial charge in [-0.05, 0) is 75.7 Å². The Kier molecular flexibility index (Phi) is 6.01. The molecule has 1 amide bonds. The number of rotatable bonds is 5. The zero-order valence-electron chi connectivity index (χ0n) is 19.1. The molecule has 0 bridgehead atoms. The summed E-state index contributed by atoms with van der Waals surface area (Å²) in [5, 5.41) is 11.2. The minimum atomic E-state index is -0.848. The molecule has 1 aromatic heterocycles. The van der Waals surface area contributed by atoms with Gasteiger partial charge in [-0.1, -0.05) is 23.8 Å². The van der Waals surface area contributed by atoms with Gasteiger partial charge < -0.3 is 9.84 Å². The number of benzene rings is 2. The molecule has 1 aliphatic rings. The first kappa shape index (κ1) is 22.3. The van der Waals surface area contributed by atoms with Crippen LogP contribution in [0.15, 0.2) is 72.4 Å². The van der Waals surface area contributed by atoms with Crippen molar-refractivity contribution in [2.75, 3.05) is 4.90 Å². The molecule has 0 aliphatic carbocycles. The highest BCUT2D eigenvalue weighted by atomic mass is 16.5. The Hall–Kier alpha value is -3.93. The van der Waals surface area contributed by atoms with Crippen molar-refractivity contribution >= 4 is 23.1 Å². The number of hydrogen-bond donors (Lipinski definition) is 1. The molecular formula is C27H26N2O4. The smallest absolute Gasteiger partial charge is 0.300 e. The van der Waals surface area contributed by atoms with E-state index in [-0.39, 0.29) is 17.4 Å². The van der Waals surface area contributed by atoms with E-state index in [0.29, 0.717) is 22.7 Å². The Bertz CT molecular complexity index is 1230. The molecule has 33 heavy (non-hydrogen) atoms. The molecule has 1 atom stereocenters. The number of carbonyl (C=O) groups excluding carboxylic acids is 2. The number of aromatic nitrogens is 1. The molecule has 4 rings (SSSR count). The summed E-state index contributed by atoms with van der Waals surface area (Å²) >= 11 is 0. The van der Waals surface area contributed by atoms with E-state index in [1.165, 1.54) is 4.90 Å². The second-order valence-corrected chi connectivity index (χ2v) is 8.40. The second-order valence-electron chi connectivity index (χ2n) is 8.40. The molecule has 0 radical (unpaired) electrons. The van der Waals surface area contributed by atoms with Crippen LogP contribution in [0.3, 0.4) is 0 Å². The standard InChI is InChI=1S/C27H26N2O4/c1-16(2)33-20-11-9-19(10-12-20)25(30)23-24(21-7-5-6-14-28-21)29(27(32)26(23)31)22-13-8-17(3)15-18(22)4/h5-16,24,30H,1-4H3/b25-23+. The molecule has 1 unspecified atom stereocenters. The maximum absolute atomic E-state index is 13.2. The molecule has 0 saturated carbocycles. The number of ketones is 1. The highest BCUT2D eigenvalue weighted by Crippen LogP contribution is 2.42. The molecule has 2 aromatic carbocycles. The Labute approximate surface area is 193 Å². The van der Waals surface area contributed by atoms with Gasteiger partial charge in [0.25, 0.3) is 11.7 Å². The molecule has 1 saturated heterocycles. The van der Waals surface area contributed by atoms with E-state index in [2.05, 4.69) is 4.98 Å². The predicted octanol–water partition coefficient (Wildman–Crippen LogP) is 5.11. The predicted molar refractivity (Wildman–Crippen MR) is 127 cm³/mol. The quantitative estimate of drug-likeness (QED) is 0.337. The van der Waals surface area contributed by atoms with Crippen molar-refractivity contribution in [3.63, 3.8) is 0 Å². The monoisotopic (exact) mass is 442 g/mol. The lowest BCUT2D eigenvalue weighted by Gasteiger charge is -2.26. The van der Waals surface area contributed by atoms with Crippen LogP contribution in [0.1, 0.15) is 42.3 Å². The zero-order valence-corrected chi connectivity index (χ0v) is 19.1. The minimum Gasteiger partial charge on any atom is -0.507 e. The largest absolute Gasteiger partial charge is 0.507 e. The Balaban J connectivity index is 1.87. The topological polar surface area (TPSA) is 79.7 Å². The molecule has 2 heterocycles. The van der Waals surface area contributed by atoms with Gasteiger partial charge in [0.05, 0.1) is 17.4 Å². The number of Topliss-reactive ketones (excluding diaryl/α,β-unsaturated/α-hetero) is 1. The number of aryl methyl sites for hydroxylation is 2. The fraction of sp³-hybridized carbons (Fsp3) is 0.222. The summed E-state index contributed by atoms with van der Waals surface area (Å²) in [6.07, 6.45) is 1.62. The maximum atomic E-state index is 13.2. The number of carbonyl (C=O) groups is 2. The number of amides is 1. The Morgan fingerprint density at radius 1 is 1.03 bits per heavy atom. The van der Waals surface area contributed by atoms with E-state index in [0.717, 1.165) is 11.1 Å². The van der Waals surface area contributed by atoms with Crippen LogP contribution < -0.4 is 9.64 Å². The van der Waals surface area contributed by atoms with Crippen LogP contribution in [0.5, 0.6) is 5.75 Å². The molecule has 6 heteroatoms. The SMILES string of the molecule is Cc1ccc(N2C(=O)C(=O)/C(=C(/O)c3ccc(OC(C)C)cc3)C2c2ccccn2)c(C)c1. The van der Waals surface area contributed by atoms with Crippen molar-refractivity contribution in [3.05, 3.63) is 94.8 Å². The van der Waals surface area contributed by atoms with Crippen LogP contribution >= 0.6 is 0 Å². The second kappa shape index (κ2) is 8.90. The first-order valence-corrected chi connectivity index (χ1v) is 10.8. The van der Waals surface area contributed by atoms with E-state index in [9.17, 15) is 14.7 Å². The van der Waals surface area contributed by atoms with Gasteiger partial charge >= 0.3 is 0 Å². The van der Waals surface area contributed by atoms with E-state index in [1.807, 2.05) is 45.9 Å². The van der Waals surface area contributed by atoms with E-state index in [4.69, 9.17) is 4.74 Å². The van der Waals surface area contributed by atoms with E-state index in [1.54, 1.807) is 48.7 Å². The highest BCUT2D eigenvalue weighted by Gasteiger charge is 2.48. The molecule has 0 spiro atoms. The minimum absolute atomic E-state index is 0.0104. The van der Waals surface area contributed by atoms with Gasteiger partial charge in [-0.3, -0.25) is 19.5 Å². The molecule has 168 valence electrons. The van der Waals surface area contributed by atoms with Gasteiger partial charge in [-0.15, -0.1) is 0 Å². The third kappa shape index (κ3) is 4.24. The number of nitrogens with zero attached hydrogens (tertiary/aromatic N) is 2. The summed E-state index contributed by atoms with van der Waals surface area (Å²) in [6, 6.07) is 16.9. The number of ether oxygens (including phenoxy) is 1. The van der Waals surface area contributed by atoms with E-state index >= 15 is 0 Å². The van der Waals surface area contributed by atoms with Gasteiger partial charge in [0.2, 0.25) is 0 Å². The highest BCUT2D eigenvalue weighted by molar-refractivity contribution is 6.51. The van der Waals surface area contributed by atoms with Crippen LogP contribution in [-0.4, -0.2) is 27.9 Å². The van der Waals surface area contributed by atoms with Crippen LogP contribution in [0, 0.1) is 13.8 Å². The van der Waals surface area contributed by atoms with Crippen LogP contribution in [0.25, 0.3) is 5.76 Å². The Morgan fingerprint density at radius 3 is 2.36 bits per heavy atom. The number of anilines is 1. The number of pyridine rings is 1. The third-order valence-electron chi connectivity index (χ3n) is 5.52. The van der Waals surface area contributed by atoms with Gasteiger partial charge in [-0.25, -0.2) is 0 Å². The van der Waals surface area contributed by atoms with Crippen LogP contribution in [-0.2, 0) is 9.59 Å². The van der Waals surface area contributed by atoms with Crippen molar-refractivity contribution in [2.45, 2.75) is 39.8 Å². The van der Waals surface area contributed by atoms with Crippen molar-refractivity contribution < 1.29 is 19.4 Å². The van der Waals surface area contributed by atoms with Crippen molar-refractivity contribution in [3.8, 4) is 5.75 Å². The maximum Gasteiger partial charge on any atom is 0.300 e. The van der Waals surface area contributed by atoms with Crippen LogP contribution in [0.2, 0.25) is 0 Å². The molecule has 6 nitrogen and oxygen atoms in total. The molecule has 1 aliphatic heterocycles. The van der Waals surface area contributed by atoms with Crippen molar-refractivity contribution in [2.24, 2.45) is 0 Å². The van der Waals surface area contributed by atoms with Crippen molar-refractivity contribution in [1.82, 2.24) is 4.98 Å². The summed E-state index contributed by atoms with van der Waals surface area (Å²) in [5.41, 5.74) is 3.44. The fourth-order valence-electron chi connectivity index (χ4n) is 4.09. The number of hydrogen-bond acceptors (Lipinski definition) is 5. The third-order valence-corrected chi connectivity index (χ3v) is 5.52. The Morgan fingerprint density at radius 2 is 1.76 bits per heavy atom. The number of aliphatic hydroxyl groups excluding tert-OH is 1. The first-order valence-electron chi connectivity index (χ1n) is 10.8. The zero-order chi connectivity index (χ0) is 23.7. The average Bonchev–Trinajstić information content (AvgIpc) is 3.05. The summed E-state index contributed by atoms with van der Waals surface area (Å²) in [7, 11) is 0. The van der Waals surface area contributed by atoms with Crippen molar-refractivity contribution in [1.29, 1.82) is 0 Å². The molecule has 3 aromatic rings. The molecule has 1 N–H and O–H groups in total. The lowest BCUT2D eigenvalue weighted by Crippen LogP contribution is -2.30. The summed E-state index contributed by atoms with van der Waals surface area (Å²) in [5.74, 6) is -1.03. The molecular weight excluding hydrogens is 416 g/mol. The first-order chi connectivity index (χ1) is 15.8. The van der Waals surface area contributed by atoms with Gasteiger partial charge in [0.15, 0.2) is 0 Å². The lowest BCUT2D eigenvalue weighted by molar-refractivity contribution is -0.132. The fourth-order valence-corrected chi connectivity index (χ4v) is 4.09. The average molecular weight is 443 g/mol. The van der Waals surface area contributed by atoms with Gasteiger partial charge in [-0.2, -0.15) is 0 Å². The van der Waals surface area contributed by atoms with Gasteiger partial charge in [0.1, 0.15) is 17.6 Å². The number of aliphatic hydroxyl groups is 1. The normalized spacial score (nSPS) is 17.6. The summed E-state index contributed by atoms with van der Waals surface area (Å²) in [6.45, 7) is 7.71. The lowest BCUT2D eigenvalue weighted by atomic mass is 9.97.